The van der Waals surface area contributed by atoms with Crippen LogP contribution in [0.5, 0.6) is 0 Å². The molecule has 0 aliphatic carbocycles. The maximum atomic E-state index is 4.50. The lowest BCUT2D eigenvalue weighted by Gasteiger charge is -2.50. The van der Waals surface area contributed by atoms with Gasteiger partial charge in [0.15, 0.2) is 5.96 Å². The van der Waals surface area contributed by atoms with E-state index in [1.807, 2.05) is 18.4 Å². The Morgan fingerprint density at radius 3 is 2.57 bits per heavy atom. The lowest BCUT2D eigenvalue weighted by Crippen LogP contribution is -2.62. The molecular formula is C22H39N5S. The summed E-state index contributed by atoms with van der Waals surface area (Å²) in [5.74, 6) is 1.55. The van der Waals surface area contributed by atoms with Gasteiger partial charge < -0.3 is 15.5 Å². The van der Waals surface area contributed by atoms with Gasteiger partial charge in [-0.3, -0.25) is 9.89 Å². The second-order valence-corrected chi connectivity index (χ2v) is 9.80. The molecule has 2 aliphatic rings. The Balaban J connectivity index is 1.52. The monoisotopic (exact) mass is 405 g/mol. The van der Waals surface area contributed by atoms with E-state index in [2.05, 4.69) is 56.9 Å². The van der Waals surface area contributed by atoms with E-state index in [1.54, 1.807) is 0 Å². The fourth-order valence-electron chi connectivity index (χ4n) is 4.59. The molecule has 0 saturated carbocycles. The third-order valence-electron chi connectivity index (χ3n) is 6.50. The summed E-state index contributed by atoms with van der Waals surface area (Å²) in [6.45, 7) is 9.18. The molecule has 158 valence electrons. The summed E-state index contributed by atoms with van der Waals surface area (Å²) in [6, 6.07) is 4.37. The molecule has 28 heavy (non-hydrogen) atoms. The zero-order chi connectivity index (χ0) is 19.8. The first-order chi connectivity index (χ1) is 13.6. The normalized spacial score (nSPS) is 22.8. The highest BCUT2D eigenvalue weighted by Gasteiger charge is 2.39. The maximum absolute atomic E-state index is 4.50. The van der Waals surface area contributed by atoms with Crippen LogP contribution in [0.15, 0.2) is 22.5 Å². The van der Waals surface area contributed by atoms with E-state index in [0.29, 0.717) is 5.92 Å². The van der Waals surface area contributed by atoms with E-state index in [-0.39, 0.29) is 5.54 Å². The van der Waals surface area contributed by atoms with Gasteiger partial charge in [-0.1, -0.05) is 19.4 Å². The van der Waals surface area contributed by atoms with Gasteiger partial charge in [0.25, 0.3) is 0 Å². The van der Waals surface area contributed by atoms with Crippen LogP contribution in [0.3, 0.4) is 0 Å². The van der Waals surface area contributed by atoms with Crippen molar-refractivity contribution in [3.63, 3.8) is 0 Å². The van der Waals surface area contributed by atoms with E-state index in [1.165, 1.54) is 63.2 Å². The van der Waals surface area contributed by atoms with E-state index in [0.717, 1.165) is 25.5 Å². The van der Waals surface area contributed by atoms with Gasteiger partial charge in [-0.25, -0.2) is 0 Å². The number of thiophene rings is 1. The largest absolute Gasteiger partial charge is 0.356 e. The van der Waals surface area contributed by atoms with Gasteiger partial charge in [0.1, 0.15) is 0 Å². The zero-order valence-corrected chi connectivity index (χ0v) is 18.9. The van der Waals surface area contributed by atoms with E-state index < -0.39 is 0 Å². The molecule has 0 aromatic carbocycles. The second kappa shape index (κ2) is 10.6. The van der Waals surface area contributed by atoms with Crippen molar-refractivity contribution in [1.29, 1.82) is 0 Å². The third-order valence-corrected chi connectivity index (χ3v) is 7.40. The van der Waals surface area contributed by atoms with Crippen LogP contribution < -0.4 is 10.6 Å². The van der Waals surface area contributed by atoms with Gasteiger partial charge in [-0.15, -0.1) is 11.3 Å². The maximum Gasteiger partial charge on any atom is 0.191 e. The summed E-state index contributed by atoms with van der Waals surface area (Å²) in [6.07, 6.45) is 7.73. The van der Waals surface area contributed by atoms with Crippen LogP contribution in [-0.4, -0.2) is 74.7 Å². The molecule has 0 spiro atoms. The Morgan fingerprint density at radius 2 is 1.93 bits per heavy atom. The van der Waals surface area contributed by atoms with Gasteiger partial charge in [0, 0.05) is 30.6 Å². The number of nitrogens with one attached hydrogen (secondary N) is 2. The molecule has 1 unspecified atom stereocenters. The highest BCUT2D eigenvalue weighted by atomic mass is 32.1. The van der Waals surface area contributed by atoms with Gasteiger partial charge in [-0.2, -0.15) is 0 Å². The average molecular weight is 406 g/mol. The Bertz CT molecular complexity index is 586. The summed E-state index contributed by atoms with van der Waals surface area (Å²) in [5.41, 5.74) is 0.285. The summed E-state index contributed by atoms with van der Waals surface area (Å²) in [5, 5.41) is 9.42. The second-order valence-electron chi connectivity index (χ2n) is 8.77. The SMILES string of the molecule is CN=C(NCC(C)Cc1cccs1)NCC1(N2CCCCC2)CCN(C)CC1. The van der Waals surface area contributed by atoms with Gasteiger partial charge in [-0.05, 0) is 82.7 Å². The fourth-order valence-corrected chi connectivity index (χ4v) is 5.46. The Morgan fingerprint density at radius 1 is 1.18 bits per heavy atom. The number of piperidine rings is 2. The minimum absolute atomic E-state index is 0.285. The van der Waals surface area contributed by atoms with Crippen molar-refractivity contribution in [2.24, 2.45) is 10.9 Å². The minimum atomic E-state index is 0.285. The van der Waals surface area contributed by atoms with Crippen molar-refractivity contribution < 1.29 is 0 Å². The molecule has 2 aliphatic heterocycles. The van der Waals surface area contributed by atoms with Gasteiger partial charge in [0.05, 0.1) is 0 Å². The number of likely N-dealkylation sites (tertiary alicyclic amines) is 2. The van der Waals surface area contributed by atoms with Crippen molar-refractivity contribution in [1.82, 2.24) is 20.4 Å². The average Bonchev–Trinajstić information content (AvgIpc) is 3.23. The number of hydrogen-bond acceptors (Lipinski definition) is 4. The third kappa shape index (κ3) is 5.94. The first-order valence-corrected chi connectivity index (χ1v) is 11.9. The van der Waals surface area contributed by atoms with Crippen LogP contribution in [0.1, 0.15) is 43.9 Å². The Kier molecular flexibility index (Phi) is 8.18. The number of guanidine groups is 1. The fraction of sp³-hybridized carbons (Fsp3) is 0.773. The zero-order valence-electron chi connectivity index (χ0n) is 18.0. The van der Waals surface area contributed by atoms with Crippen LogP contribution in [0.2, 0.25) is 0 Å². The van der Waals surface area contributed by atoms with E-state index >= 15 is 0 Å². The molecule has 3 heterocycles. The van der Waals surface area contributed by atoms with Crippen molar-refractivity contribution in [2.75, 3.05) is 53.4 Å². The minimum Gasteiger partial charge on any atom is -0.356 e. The molecule has 1 aromatic heterocycles. The van der Waals surface area contributed by atoms with Crippen molar-refractivity contribution in [2.45, 2.75) is 51.0 Å². The molecule has 1 atom stereocenters. The first kappa shape index (κ1) is 21.6. The van der Waals surface area contributed by atoms with Crippen LogP contribution in [0.25, 0.3) is 0 Å². The summed E-state index contributed by atoms with van der Waals surface area (Å²) in [7, 11) is 4.14. The van der Waals surface area contributed by atoms with E-state index in [9.17, 15) is 0 Å². The number of aliphatic imine (C=N–C) groups is 1. The molecule has 0 amide bonds. The topological polar surface area (TPSA) is 42.9 Å². The van der Waals surface area contributed by atoms with Crippen molar-refractivity contribution in [3.05, 3.63) is 22.4 Å². The summed E-state index contributed by atoms with van der Waals surface area (Å²) >= 11 is 1.85. The van der Waals surface area contributed by atoms with Crippen LogP contribution >= 0.6 is 11.3 Å². The Hall–Kier alpha value is -1.11. The highest BCUT2D eigenvalue weighted by Crippen LogP contribution is 2.30. The highest BCUT2D eigenvalue weighted by molar-refractivity contribution is 7.09. The van der Waals surface area contributed by atoms with Gasteiger partial charge in [0.2, 0.25) is 0 Å². The van der Waals surface area contributed by atoms with Crippen LogP contribution in [0, 0.1) is 5.92 Å². The van der Waals surface area contributed by atoms with Crippen molar-refractivity contribution >= 4 is 17.3 Å². The molecule has 0 radical (unpaired) electrons. The lowest BCUT2D eigenvalue weighted by molar-refractivity contribution is 0.0173. The van der Waals surface area contributed by atoms with Crippen LogP contribution in [-0.2, 0) is 6.42 Å². The van der Waals surface area contributed by atoms with Crippen molar-refractivity contribution in [3.8, 4) is 0 Å². The Labute approximate surface area is 175 Å². The molecule has 2 saturated heterocycles. The predicted molar refractivity (Wildman–Crippen MR) is 121 cm³/mol. The van der Waals surface area contributed by atoms with E-state index in [4.69, 9.17) is 0 Å². The molecule has 2 N–H and O–H groups in total. The molecule has 2 fully saturated rings. The molecule has 0 bridgehead atoms. The molecular weight excluding hydrogens is 366 g/mol. The lowest BCUT2D eigenvalue weighted by atomic mass is 9.84. The first-order valence-electron chi connectivity index (χ1n) is 11.0. The molecule has 5 nitrogen and oxygen atoms in total. The smallest absolute Gasteiger partial charge is 0.191 e. The number of hydrogen-bond donors (Lipinski definition) is 2. The predicted octanol–water partition coefficient (Wildman–Crippen LogP) is 3.04. The van der Waals surface area contributed by atoms with Crippen LogP contribution in [0.4, 0.5) is 0 Å². The number of rotatable bonds is 7. The molecule has 3 rings (SSSR count). The van der Waals surface area contributed by atoms with Gasteiger partial charge >= 0.3 is 0 Å². The summed E-state index contributed by atoms with van der Waals surface area (Å²) < 4.78 is 0. The number of nitrogens with zero attached hydrogens (tertiary/aromatic N) is 3. The standard InChI is InChI=1S/C22H39N5S/c1-19(16-20-8-7-15-28-20)17-24-21(23-2)25-18-22(9-13-26(3)14-10-22)27-11-5-4-6-12-27/h7-8,15,19H,4-6,9-14,16-18H2,1-3H3,(H2,23,24,25). The molecule has 1 aromatic rings. The molecule has 6 heteroatoms. The quantitative estimate of drug-likeness (QED) is 0.541. The summed E-state index contributed by atoms with van der Waals surface area (Å²) in [4.78, 5) is 11.2.